The number of hydrogen-bond acceptors (Lipinski definition) is 5. The number of aromatic amines is 1. The van der Waals surface area contributed by atoms with Crippen molar-refractivity contribution in [2.45, 2.75) is 12.8 Å². The number of hydrogen-bond donors (Lipinski definition) is 4. The Hall–Kier alpha value is -2.36. The predicted molar refractivity (Wildman–Crippen MR) is 115 cm³/mol. The van der Waals surface area contributed by atoms with Gasteiger partial charge in [-0.3, -0.25) is 4.79 Å². The maximum absolute atomic E-state index is 14.4. The number of nitrogens with two attached hydrogens (primary N) is 1. The number of H-pyrrole nitrogens is 1. The first-order chi connectivity index (χ1) is 14.0. The van der Waals surface area contributed by atoms with Gasteiger partial charge in [0.15, 0.2) is 0 Å². The van der Waals surface area contributed by atoms with Crippen molar-refractivity contribution in [2.75, 3.05) is 31.5 Å². The third-order valence-corrected chi connectivity index (χ3v) is 5.04. The number of nitrogens with zero attached hydrogens (tertiary/aromatic N) is 1. The molecular weight excluding hydrogens is 444 g/mol. The highest BCUT2D eigenvalue weighted by Crippen LogP contribution is 2.27. The number of fused-ring (bicyclic) bond motifs is 1. The summed E-state index contributed by atoms with van der Waals surface area (Å²) in [6, 6.07) is 6.78. The summed E-state index contributed by atoms with van der Waals surface area (Å²) in [5, 5.41) is 6.45. The Kier molecular flexibility index (Phi) is 7.29. The second-order valence-electron chi connectivity index (χ2n) is 6.56. The van der Waals surface area contributed by atoms with E-state index in [1.54, 1.807) is 0 Å². The van der Waals surface area contributed by atoms with Crippen molar-refractivity contribution in [2.24, 2.45) is 5.73 Å². The average Bonchev–Trinajstić information content (AvgIpc) is 2.68. The molecule has 0 aliphatic rings. The van der Waals surface area contributed by atoms with Gasteiger partial charge in [-0.15, -0.1) is 0 Å². The first-order valence-corrected chi connectivity index (χ1v) is 10.1. The number of anilines is 1. The molecule has 9 heteroatoms. The van der Waals surface area contributed by atoms with Crippen LogP contribution in [0.1, 0.15) is 12.8 Å². The van der Waals surface area contributed by atoms with Gasteiger partial charge in [0.2, 0.25) is 0 Å². The van der Waals surface area contributed by atoms with E-state index in [2.05, 4.69) is 36.5 Å². The minimum Gasteiger partial charge on any atom is -0.383 e. The normalized spacial score (nSPS) is 11.2. The van der Waals surface area contributed by atoms with Gasteiger partial charge in [0.05, 0.1) is 16.6 Å². The molecule has 0 fully saturated rings. The molecule has 6 nitrogen and oxygen atoms in total. The van der Waals surface area contributed by atoms with Gasteiger partial charge in [-0.25, -0.2) is 13.8 Å². The van der Waals surface area contributed by atoms with Crippen LogP contribution in [0, 0.1) is 11.6 Å². The van der Waals surface area contributed by atoms with Crippen molar-refractivity contribution in [3.05, 3.63) is 56.8 Å². The second kappa shape index (κ2) is 9.91. The fourth-order valence-electron chi connectivity index (χ4n) is 2.89. The third-order valence-electron chi connectivity index (χ3n) is 4.38. The molecule has 0 atom stereocenters. The van der Waals surface area contributed by atoms with Crippen LogP contribution in [0.4, 0.5) is 14.5 Å². The van der Waals surface area contributed by atoms with Crippen LogP contribution in [0.15, 0.2) is 39.6 Å². The highest BCUT2D eigenvalue weighted by Gasteiger charge is 2.13. The van der Waals surface area contributed by atoms with Crippen LogP contribution in [0.3, 0.4) is 0 Å². The van der Waals surface area contributed by atoms with Crippen molar-refractivity contribution in [3.8, 4) is 11.4 Å². The van der Waals surface area contributed by atoms with Crippen molar-refractivity contribution >= 4 is 32.5 Å². The number of halogens is 3. The van der Waals surface area contributed by atoms with Crippen LogP contribution >= 0.6 is 15.9 Å². The van der Waals surface area contributed by atoms with Gasteiger partial charge in [-0.2, -0.15) is 0 Å². The summed E-state index contributed by atoms with van der Waals surface area (Å²) in [5.74, 6) is -0.650. The molecule has 0 aliphatic heterocycles. The molecule has 0 spiro atoms. The maximum Gasteiger partial charge on any atom is 0.259 e. The molecule has 0 saturated heterocycles. The van der Waals surface area contributed by atoms with E-state index in [0.29, 0.717) is 28.6 Å². The van der Waals surface area contributed by atoms with E-state index < -0.39 is 17.2 Å². The van der Waals surface area contributed by atoms with E-state index in [1.807, 2.05) is 0 Å². The number of nitrogens with one attached hydrogen (secondary N) is 3. The lowest BCUT2D eigenvalue weighted by Crippen LogP contribution is -2.21. The third kappa shape index (κ3) is 5.37. The van der Waals surface area contributed by atoms with Gasteiger partial charge in [-0.05, 0) is 78.7 Å². The van der Waals surface area contributed by atoms with Crippen LogP contribution in [0.5, 0.6) is 0 Å². The zero-order valence-corrected chi connectivity index (χ0v) is 17.3. The fourth-order valence-corrected chi connectivity index (χ4v) is 3.43. The molecule has 1 heterocycles. The van der Waals surface area contributed by atoms with Crippen LogP contribution < -0.4 is 21.9 Å². The first kappa shape index (κ1) is 21.4. The van der Waals surface area contributed by atoms with Crippen LogP contribution in [-0.4, -0.2) is 36.1 Å². The van der Waals surface area contributed by atoms with Crippen molar-refractivity contribution in [1.29, 1.82) is 0 Å². The lowest BCUT2D eigenvalue weighted by atomic mass is 10.1. The largest absolute Gasteiger partial charge is 0.383 e. The summed E-state index contributed by atoms with van der Waals surface area (Å²) in [6.07, 6.45) is 1.72. The molecule has 0 bridgehead atoms. The smallest absolute Gasteiger partial charge is 0.259 e. The molecule has 154 valence electrons. The molecule has 0 saturated carbocycles. The zero-order chi connectivity index (χ0) is 20.8. The monoisotopic (exact) mass is 465 g/mol. The van der Waals surface area contributed by atoms with E-state index in [0.717, 1.165) is 25.9 Å². The minimum absolute atomic E-state index is 0.151. The first-order valence-electron chi connectivity index (χ1n) is 9.33. The van der Waals surface area contributed by atoms with E-state index in [-0.39, 0.29) is 16.9 Å². The standard InChI is InChI=1S/C20H22BrF2N5O/c21-15-9-12(22)3-4-13(15)19-27-17-11-18(16(23)10-14(17)20(29)28-19)26-8-2-7-25-6-1-5-24/h3-4,9-11,25-26H,1-2,5-8,24H2,(H,27,28,29). The Labute approximate surface area is 175 Å². The number of aromatic nitrogens is 2. The molecule has 3 aromatic rings. The van der Waals surface area contributed by atoms with E-state index >= 15 is 0 Å². The maximum atomic E-state index is 14.4. The van der Waals surface area contributed by atoms with Crippen LogP contribution in [-0.2, 0) is 0 Å². The summed E-state index contributed by atoms with van der Waals surface area (Å²) in [6.45, 7) is 2.87. The molecule has 0 aliphatic carbocycles. The Morgan fingerprint density at radius 3 is 2.66 bits per heavy atom. The highest BCUT2D eigenvalue weighted by molar-refractivity contribution is 9.10. The van der Waals surface area contributed by atoms with E-state index in [9.17, 15) is 13.6 Å². The quantitative estimate of drug-likeness (QED) is 0.363. The number of rotatable bonds is 9. The summed E-state index contributed by atoms with van der Waals surface area (Å²) in [7, 11) is 0. The van der Waals surface area contributed by atoms with Gasteiger partial charge < -0.3 is 21.4 Å². The van der Waals surface area contributed by atoms with E-state index in [1.165, 1.54) is 30.3 Å². The second-order valence-corrected chi connectivity index (χ2v) is 7.41. The molecule has 5 N–H and O–H groups in total. The molecular formula is C20H22BrF2N5O. The van der Waals surface area contributed by atoms with Crippen LogP contribution in [0.25, 0.3) is 22.3 Å². The van der Waals surface area contributed by atoms with Gasteiger partial charge >= 0.3 is 0 Å². The zero-order valence-electron chi connectivity index (χ0n) is 15.7. The minimum atomic E-state index is -0.517. The summed E-state index contributed by atoms with van der Waals surface area (Å²) in [5.41, 5.74) is 6.14. The Morgan fingerprint density at radius 2 is 1.90 bits per heavy atom. The SMILES string of the molecule is NCCCNCCCNc1cc2nc(-c3ccc(F)cc3Br)[nH]c(=O)c2cc1F. The van der Waals surface area contributed by atoms with Gasteiger partial charge in [0.25, 0.3) is 5.56 Å². The molecule has 2 aromatic carbocycles. The molecule has 0 radical (unpaired) electrons. The van der Waals surface area contributed by atoms with Crippen molar-refractivity contribution in [1.82, 2.24) is 15.3 Å². The summed E-state index contributed by atoms with van der Waals surface area (Å²) < 4.78 is 28.2. The Morgan fingerprint density at radius 1 is 1.10 bits per heavy atom. The Balaban J connectivity index is 1.80. The lowest BCUT2D eigenvalue weighted by molar-refractivity contribution is 0.623. The summed E-state index contributed by atoms with van der Waals surface area (Å²) in [4.78, 5) is 19.5. The van der Waals surface area contributed by atoms with Gasteiger partial charge in [0, 0.05) is 16.6 Å². The highest BCUT2D eigenvalue weighted by atomic mass is 79.9. The molecule has 1 aromatic heterocycles. The van der Waals surface area contributed by atoms with Crippen molar-refractivity contribution < 1.29 is 8.78 Å². The Bertz CT molecular complexity index is 1060. The topological polar surface area (TPSA) is 95.8 Å². The van der Waals surface area contributed by atoms with Gasteiger partial charge in [0.1, 0.15) is 17.5 Å². The van der Waals surface area contributed by atoms with E-state index in [4.69, 9.17) is 5.73 Å². The number of benzene rings is 2. The van der Waals surface area contributed by atoms with Gasteiger partial charge in [-0.1, -0.05) is 0 Å². The molecule has 3 rings (SSSR count). The molecule has 0 unspecified atom stereocenters. The predicted octanol–water partition coefficient (Wildman–Crippen LogP) is 3.37. The van der Waals surface area contributed by atoms with Crippen molar-refractivity contribution in [3.63, 3.8) is 0 Å². The fraction of sp³-hybridized carbons (Fsp3) is 0.300. The van der Waals surface area contributed by atoms with Crippen LogP contribution in [0.2, 0.25) is 0 Å². The average molecular weight is 466 g/mol. The lowest BCUT2D eigenvalue weighted by Gasteiger charge is -2.10. The molecule has 0 amide bonds. The summed E-state index contributed by atoms with van der Waals surface area (Å²) >= 11 is 3.28. The molecule has 29 heavy (non-hydrogen) atoms.